The van der Waals surface area contributed by atoms with Crippen molar-refractivity contribution < 1.29 is 37.0 Å². The molecule has 1 saturated heterocycles. The number of carbonyl (C=O) groups excluding carboxylic acids is 3. The second-order valence-electron chi connectivity index (χ2n) is 5.58. The van der Waals surface area contributed by atoms with Crippen LogP contribution in [-0.4, -0.2) is 29.7 Å². The lowest BCUT2D eigenvalue weighted by atomic mass is 10.0. The molecule has 0 spiro atoms. The summed E-state index contributed by atoms with van der Waals surface area (Å²) in [6.45, 7) is 2.65. The fourth-order valence-electron chi connectivity index (χ4n) is 2.01. The van der Waals surface area contributed by atoms with Crippen molar-refractivity contribution in [3.8, 4) is 6.07 Å². The topological polar surface area (TPSA) is 105 Å². The predicted octanol–water partition coefficient (Wildman–Crippen LogP) is 2.44. The van der Waals surface area contributed by atoms with Crippen LogP contribution in [0.15, 0.2) is 30.0 Å². The van der Waals surface area contributed by atoms with Gasteiger partial charge in [0.25, 0.3) is 11.6 Å². The molecule has 10 heteroatoms. The Morgan fingerprint density at radius 1 is 1.23 bits per heavy atom. The first kappa shape index (κ1) is 19.0. The zero-order valence-corrected chi connectivity index (χ0v) is 13.4. The SMILES string of the molecule is CC1(C)OC(=O)C(=CNc2ccc(C#N)cc2C(=O)C(F)(F)F)C(=O)O1. The van der Waals surface area contributed by atoms with Gasteiger partial charge in [-0.05, 0) is 18.2 Å². The molecule has 136 valence electrons. The minimum absolute atomic E-state index is 0.172. The summed E-state index contributed by atoms with van der Waals surface area (Å²) in [7, 11) is 0. The summed E-state index contributed by atoms with van der Waals surface area (Å²) in [6, 6.07) is 4.57. The number of carbonyl (C=O) groups is 3. The van der Waals surface area contributed by atoms with Crippen molar-refractivity contribution in [2.75, 3.05) is 5.32 Å². The van der Waals surface area contributed by atoms with Crippen molar-refractivity contribution >= 4 is 23.4 Å². The minimum Gasteiger partial charge on any atom is -0.419 e. The van der Waals surface area contributed by atoms with Gasteiger partial charge in [0.1, 0.15) is 0 Å². The molecular weight excluding hydrogens is 357 g/mol. The van der Waals surface area contributed by atoms with E-state index in [4.69, 9.17) is 14.7 Å². The summed E-state index contributed by atoms with van der Waals surface area (Å²) in [5.74, 6) is -5.75. The van der Waals surface area contributed by atoms with Crippen LogP contribution < -0.4 is 5.32 Å². The Bertz CT molecular complexity index is 844. The average molecular weight is 368 g/mol. The molecule has 0 saturated carbocycles. The number of halogens is 3. The van der Waals surface area contributed by atoms with Crippen molar-refractivity contribution in [2.45, 2.75) is 25.8 Å². The van der Waals surface area contributed by atoms with Crippen LogP contribution >= 0.6 is 0 Å². The Morgan fingerprint density at radius 3 is 2.31 bits per heavy atom. The molecule has 1 aromatic rings. The fraction of sp³-hybridized carbons (Fsp3) is 0.250. The number of hydrogen-bond donors (Lipinski definition) is 1. The number of Topliss-reactive ketones (excluding diaryl/α,β-unsaturated/α-hetero) is 1. The second-order valence-corrected chi connectivity index (χ2v) is 5.58. The third kappa shape index (κ3) is 4.00. The zero-order chi connectivity index (χ0) is 19.7. The van der Waals surface area contributed by atoms with Gasteiger partial charge in [0, 0.05) is 25.7 Å². The minimum atomic E-state index is -5.18. The van der Waals surface area contributed by atoms with E-state index in [1.165, 1.54) is 13.8 Å². The number of cyclic esters (lactones) is 2. The predicted molar refractivity (Wildman–Crippen MR) is 79.5 cm³/mol. The van der Waals surface area contributed by atoms with Gasteiger partial charge >= 0.3 is 18.1 Å². The van der Waals surface area contributed by atoms with E-state index in [0.29, 0.717) is 0 Å². The molecule has 0 atom stereocenters. The molecule has 1 aliphatic heterocycles. The molecule has 0 radical (unpaired) electrons. The maximum Gasteiger partial charge on any atom is 0.454 e. The summed E-state index contributed by atoms with van der Waals surface area (Å²) in [6.07, 6.45) is -4.40. The molecule has 7 nitrogen and oxygen atoms in total. The molecule has 0 aliphatic carbocycles. The van der Waals surface area contributed by atoms with E-state index in [-0.39, 0.29) is 11.3 Å². The van der Waals surface area contributed by atoms with Crippen molar-refractivity contribution in [1.82, 2.24) is 0 Å². The van der Waals surface area contributed by atoms with E-state index in [1.54, 1.807) is 6.07 Å². The van der Waals surface area contributed by atoms with Gasteiger partial charge in [-0.3, -0.25) is 4.79 Å². The molecule has 26 heavy (non-hydrogen) atoms. The standard InChI is InChI=1S/C16H11F3N2O5/c1-15(2)25-13(23)10(14(24)26-15)7-21-11-4-3-8(6-20)5-9(11)12(22)16(17,18)19/h3-5,7,21H,1-2H3. The normalized spacial score (nSPS) is 16.2. The third-order valence-corrected chi connectivity index (χ3v) is 3.14. The Hall–Kier alpha value is -3.35. The largest absolute Gasteiger partial charge is 0.454 e. The first-order valence-electron chi connectivity index (χ1n) is 7.03. The van der Waals surface area contributed by atoms with Gasteiger partial charge in [0.15, 0.2) is 5.57 Å². The molecule has 0 aromatic heterocycles. The van der Waals surface area contributed by atoms with Gasteiger partial charge in [0.2, 0.25) is 0 Å². The number of ether oxygens (including phenoxy) is 2. The van der Waals surface area contributed by atoms with Gasteiger partial charge < -0.3 is 14.8 Å². The van der Waals surface area contributed by atoms with Crippen LogP contribution in [0, 0.1) is 11.3 Å². The first-order chi connectivity index (χ1) is 11.9. The number of hydrogen-bond acceptors (Lipinski definition) is 7. The number of esters is 2. The van der Waals surface area contributed by atoms with Gasteiger partial charge in [0.05, 0.1) is 17.2 Å². The monoisotopic (exact) mass is 368 g/mol. The third-order valence-electron chi connectivity index (χ3n) is 3.14. The van der Waals surface area contributed by atoms with Gasteiger partial charge in [-0.1, -0.05) is 0 Å². The van der Waals surface area contributed by atoms with Crippen molar-refractivity contribution in [1.29, 1.82) is 5.26 Å². The van der Waals surface area contributed by atoms with Gasteiger partial charge in [-0.25, -0.2) is 9.59 Å². The Labute approximate surface area is 145 Å². The summed E-state index contributed by atoms with van der Waals surface area (Å²) in [5.41, 5.74) is -1.97. The number of rotatable bonds is 3. The lowest BCUT2D eigenvalue weighted by molar-refractivity contribution is -0.222. The number of nitriles is 1. The van der Waals surface area contributed by atoms with Crippen LogP contribution in [0.5, 0.6) is 0 Å². The molecule has 1 N–H and O–H groups in total. The van der Waals surface area contributed by atoms with Crippen LogP contribution in [-0.2, 0) is 19.1 Å². The average Bonchev–Trinajstić information content (AvgIpc) is 2.51. The lowest BCUT2D eigenvalue weighted by Gasteiger charge is -2.29. The molecule has 1 heterocycles. The molecule has 2 rings (SSSR count). The summed E-state index contributed by atoms with van der Waals surface area (Å²) in [4.78, 5) is 35.1. The molecule has 1 aliphatic rings. The van der Waals surface area contributed by atoms with Crippen LogP contribution in [0.25, 0.3) is 0 Å². The highest BCUT2D eigenvalue weighted by Crippen LogP contribution is 2.28. The van der Waals surface area contributed by atoms with E-state index in [1.807, 2.05) is 0 Å². The van der Waals surface area contributed by atoms with Gasteiger partial charge in [-0.2, -0.15) is 18.4 Å². The van der Waals surface area contributed by atoms with E-state index < -0.39 is 40.8 Å². The van der Waals surface area contributed by atoms with Crippen LogP contribution in [0.3, 0.4) is 0 Å². The second kappa shape index (κ2) is 6.51. The van der Waals surface area contributed by atoms with E-state index in [9.17, 15) is 27.6 Å². The zero-order valence-electron chi connectivity index (χ0n) is 13.4. The number of anilines is 1. The number of benzene rings is 1. The lowest BCUT2D eigenvalue weighted by Crippen LogP contribution is -2.42. The Balaban J connectivity index is 2.38. The number of nitrogens with one attached hydrogen (secondary N) is 1. The van der Waals surface area contributed by atoms with Crippen LogP contribution in [0.1, 0.15) is 29.8 Å². The maximum absolute atomic E-state index is 12.7. The number of ketones is 1. The molecule has 0 bridgehead atoms. The summed E-state index contributed by atoms with van der Waals surface area (Å²) in [5, 5.41) is 11.1. The van der Waals surface area contributed by atoms with Crippen molar-refractivity contribution in [3.63, 3.8) is 0 Å². The highest BCUT2D eigenvalue weighted by atomic mass is 19.4. The molecule has 1 aromatic carbocycles. The Morgan fingerprint density at radius 2 is 1.81 bits per heavy atom. The van der Waals surface area contributed by atoms with E-state index in [2.05, 4.69) is 5.32 Å². The van der Waals surface area contributed by atoms with Gasteiger partial charge in [-0.15, -0.1) is 0 Å². The van der Waals surface area contributed by atoms with E-state index in [0.717, 1.165) is 24.4 Å². The Kier molecular flexibility index (Phi) is 4.75. The van der Waals surface area contributed by atoms with Crippen molar-refractivity contribution in [2.24, 2.45) is 0 Å². The highest BCUT2D eigenvalue weighted by Gasteiger charge is 2.41. The molecule has 0 amide bonds. The summed E-state index contributed by atoms with van der Waals surface area (Å²) >= 11 is 0. The maximum atomic E-state index is 12.7. The molecule has 1 fully saturated rings. The highest BCUT2D eigenvalue weighted by molar-refractivity contribution is 6.15. The van der Waals surface area contributed by atoms with Crippen LogP contribution in [0.2, 0.25) is 0 Å². The quantitative estimate of drug-likeness (QED) is 0.378. The number of nitrogens with zero attached hydrogens (tertiary/aromatic N) is 1. The fourth-order valence-corrected chi connectivity index (χ4v) is 2.01. The molecule has 0 unspecified atom stereocenters. The van der Waals surface area contributed by atoms with Crippen LogP contribution in [0.4, 0.5) is 18.9 Å². The molecular formula is C16H11F3N2O5. The number of alkyl halides is 3. The first-order valence-corrected chi connectivity index (χ1v) is 7.03. The van der Waals surface area contributed by atoms with E-state index >= 15 is 0 Å². The smallest absolute Gasteiger partial charge is 0.419 e. The summed E-state index contributed by atoms with van der Waals surface area (Å²) < 4.78 is 47.9. The van der Waals surface area contributed by atoms with Crippen molar-refractivity contribution in [3.05, 3.63) is 41.1 Å².